The summed E-state index contributed by atoms with van der Waals surface area (Å²) < 4.78 is 26.2. The average Bonchev–Trinajstić information content (AvgIpc) is 3.20. The van der Waals surface area contributed by atoms with Crippen LogP contribution in [0, 0.1) is 5.82 Å². The van der Waals surface area contributed by atoms with E-state index >= 15 is 0 Å². The zero-order valence-electron chi connectivity index (χ0n) is 18.8. The molecule has 2 heterocycles. The molecule has 1 saturated heterocycles. The topological polar surface area (TPSA) is 81.5 Å². The van der Waals surface area contributed by atoms with Gasteiger partial charge < -0.3 is 19.4 Å². The van der Waals surface area contributed by atoms with Gasteiger partial charge in [-0.2, -0.15) is 0 Å². The quantitative estimate of drug-likeness (QED) is 0.381. The Balaban J connectivity index is 1.68. The summed E-state index contributed by atoms with van der Waals surface area (Å²) in [5.41, 5.74) is 0.792. The van der Waals surface area contributed by atoms with Gasteiger partial charge in [0.05, 0.1) is 18.5 Å². The van der Waals surface area contributed by atoms with E-state index in [1.54, 1.807) is 12.1 Å². The SMILES string of the molecule is CCOCCCNC(=O)C(C)Sc1nnc(-c2ccc(F)cc2)n1CCN1CCOCC1. The van der Waals surface area contributed by atoms with Gasteiger partial charge in [-0.05, 0) is 44.5 Å². The smallest absolute Gasteiger partial charge is 0.233 e. The minimum absolute atomic E-state index is 0.0439. The minimum Gasteiger partial charge on any atom is -0.382 e. The fourth-order valence-electron chi connectivity index (χ4n) is 3.34. The van der Waals surface area contributed by atoms with E-state index in [2.05, 4.69) is 20.4 Å². The predicted molar refractivity (Wildman–Crippen MR) is 122 cm³/mol. The van der Waals surface area contributed by atoms with Gasteiger partial charge in [-0.25, -0.2) is 4.39 Å². The van der Waals surface area contributed by atoms with E-state index in [0.717, 1.165) is 44.8 Å². The summed E-state index contributed by atoms with van der Waals surface area (Å²) in [6.45, 7) is 10.4. The minimum atomic E-state index is -0.325. The van der Waals surface area contributed by atoms with Crippen molar-refractivity contribution < 1.29 is 18.7 Å². The number of morpholine rings is 1. The molecule has 1 fully saturated rings. The molecule has 0 radical (unpaired) electrons. The van der Waals surface area contributed by atoms with Gasteiger partial charge in [-0.3, -0.25) is 9.69 Å². The Bertz CT molecular complexity index is 843. The first-order chi connectivity index (χ1) is 15.6. The lowest BCUT2D eigenvalue weighted by Gasteiger charge is -2.27. The number of nitrogens with zero attached hydrogens (tertiary/aromatic N) is 4. The van der Waals surface area contributed by atoms with Crippen LogP contribution < -0.4 is 5.32 Å². The van der Waals surface area contributed by atoms with Crippen molar-refractivity contribution in [3.63, 3.8) is 0 Å². The zero-order chi connectivity index (χ0) is 22.8. The molecular weight excluding hydrogens is 433 g/mol. The molecule has 1 N–H and O–H groups in total. The van der Waals surface area contributed by atoms with Crippen LogP contribution in [-0.2, 0) is 20.8 Å². The lowest BCUT2D eigenvalue weighted by atomic mass is 10.2. The Hall–Kier alpha value is -2.01. The number of halogens is 1. The number of thioether (sulfide) groups is 1. The van der Waals surface area contributed by atoms with Crippen molar-refractivity contribution in [2.75, 3.05) is 52.6 Å². The monoisotopic (exact) mass is 465 g/mol. The van der Waals surface area contributed by atoms with Gasteiger partial charge in [0.25, 0.3) is 0 Å². The van der Waals surface area contributed by atoms with Gasteiger partial charge >= 0.3 is 0 Å². The Morgan fingerprint density at radius 1 is 1.25 bits per heavy atom. The molecule has 1 amide bonds. The maximum atomic E-state index is 13.4. The van der Waals surface area contributed by atoms with Crippen molar-refractivity contribution >= 4 is 17.7 Å². The first kappa shape index (κ1) is 24.6. The molecule has 32 heavy (non-hydrogen) atoms. The Morgan fingerprint density at radius 3 is 2.72 bits per heavy atom. The van der Waals surface area contributed by atoms with Gasteiger partial charge in [0.15, 0.2) is 11.0 Å². The van der Waals surface area contributed by atoms with Crippen molar-refractivity contribution in [1.29, 1.82) is 0 Å². The maximum absolute atomic E-state index is 13.4. The molecule has 0 bridgehead atoms. The van der Waals surface area contributed by atoms with E-state index in [1.807, 2.05) is 18.4 Å². The molecule has 1 aliphatic rings. The van der Waals surface area contributed by atoms with Crippen molar-refractivity contribution in [2.45, 2.75) is 37.2 Å². The lowest BCUT2D eigenvalue weighted by molar-refractivity contribution is -0.120. The summed E-state index contributed by atoms with van der Waals surface area (Å²) in [5, 5.41) is 12.0. The molecular formula is C22H32FN5O3S. The second-order valence-electron chi connectivity index (χ2n) is 7.52. The number of nitrogens with one attached hydrogen (secondary N) is 1. The molecule has 1 aliphatic heterocycles. The first-order valence-electron chi connectivity index (χ1n) is 11.1. The number of carbonyl (C=O) groups is 1. The highest BCUT2D eigenvalue weighted by Gasteiger charge is 2.21. The molecule has 0 spiro atoms. The number of amides is 1. The summed E-state index contributed by atoms with van der Waals surface area (Å²) in [6, 6.07) is 6.24. The van der Waals surface area contributed by atoms with E-state index in [0.29, 0.717) is 37.3 Å². The van der Waals surface area contributed by atoms with Crippen LogP contribution in [0.15, 0.2) is 29.4 Å². The highest BCUT2D eigenvalue weighted by molar-refractivity contribution is 8.00. The summed E-state index contributed by atoms with van der Waals surface area (Å²) in [5.74, 6) is 0.333. The largest absolute Gasteiger partial charge is 0.382 e. The van der Waals surface area contributed by atoms with Crippen molar-refractivity contribution in [2.24, 2.45) is 0 Å². The van der Waals surface area contributed by atoms with Gasteiger partial charge in [-0.15, -0.1) is 10.2 Å². The van der Waals surface area contributed by atoms with E-state index in [-0.39, 0.29) is 17.0 Å². The van der Waals surface area contributed by atoms with E-state index in [9.17, 15) is 9.18 Å². The normalized spacial score (nSPS) is 15.6. The number of hydrogen-bond donors (Lipinski definition) is 1. The Morgan fingerprint density at radius 2 is 2.00 bits per heavy atom. The highest BCUT2D eigenvalue weighted by atomic mass is 32.2. The summed E-state index contributed by atoms with van der Waals surface area (Å²) in [4.78, 5) is 14.9. The second-order valence-corrected chi connectivity index (χ2v) is 8.83. The fraction of sp³-hybridized carbons (Fsp3) is 0.591. The van der Waals surface area contributed by atoms with Crippen LogP contribution in [0.4, 0.5) is 4.39 Å². The summed E-state index contributed by atoms with van der Waals surface area (Å²) in [6.07, 6.45) is 0.779. The van der Waals surface area contributed by atoms with Gasteiger partial charge in [0, 0.05) is 51.5 Å². The fourth-order valence-corrected chi connectivity index (χ4v) is 4.24. The van der Waals surface area contributed by atoms with Crippen LogP contribution >= 0.6 is 11.8 Å². The zero-order valence-corrected chi connectivity index (χ0v) is 19.6. The summed E-state index contributed by atoms with van der Waals surface area (Å²) >= 11 is 1.38. The molecule has 1 atom stereocenters. The van der Waals surface area contributed by atoms with Crippen molar-refractivity contribution in [1.82, 2.24) is 25.0 Å². The van der Waals surface area contributed by atoms with Crippen molar-refractivity contribution in [3.05, 3.63) is 30.1 Å². The number of ether oxygens (including phenoxy) is 2. The third-order valence-electron chi connectivity index (χ3n) is 5.18. The number of aromatic nitrogens is 3. The van der Waals surface area contributed by atoms with Crippen LogP contribution in [0.1, 0.15) is 20.3 Å². The standard InChI is InChI=1S/C22H32FN5O3S/c1-3-30-14-4-9-24-21(29)17(2)32-22-26-25-20(18-5-7-19(23)8-6-18)28(22)11-10-27-12-15-31-16-13-27/h5-8,17H,3-4,9-16H2,1-2H3,(H,24,29). The predicted octanol–water partition coefficient (Wildman–Crippen LogP) is 2.44. The second kappa shape index (κ2) is 12.9. The van der Waals surface area contributed by atoms with E-state index in [1.165, 1.54) is 23.9 Å². The average molecular weight is 466 g/mol. The van der Waals surface area contributed by atoms with Crippen LogP contribution in [0.25, 0.3) is 11.4 Å². The molecule has 8 nitrogen and oxygen atoms in total. The van der Waals surface area contributed by atoms with Crippen LogP contribution in [0.2, 0.25) is 0 Å². The number of rotatable bonds is 12. The molecule has 176 valence electrons. The molecule has 1 aromatic heterocycles. The highest BCUT2D eigenvalue weighted by Crippen LogP contribution is 2.27. The maximum Gasteiger partial charge on any atom is 0.233 e. The molecule has 0 aliphatic carbocycles. The Labute approximate surface area is 192 Å². The number of benzene rings is 1. The molecule has 2 aromatic rings. The number of carbonyl (C=O) groups excluding carboxylic acids is 1. The molecule has 0 saturated carbocycles. The Kier molecular flexibility index (Phi) is 9.91. The molecule has 1 aromatic carbocycles. The van der Waals surface area contributed by atoms with E-state index < -0.39 is 0 Å². The van der Waals surface area contributed by atoms with Gasteiger partial charge in [0.1, 0.15) is 5.82 Å². The van der Waals surface area contributed by atoms with E-state index in [4.69, 9.17) is 9.47 Å². The summed E-state index contributed by atoms with van der Waals surface area (Å²) in [7, 11) is 0. The van der Waals surface area contributed by atoms with Gasteiger partial charge in [-0.1, -0.05) is 11.8 Å². The third kappa shape index (κ3) is 7.26. The number of hydrogen-bond acceptors (Lipinski definition) is 7. The third-order valence-corrected chi connectivity index (χ3v) is 6.26. The van der Waals surface area contributed by atoms with Gasteiger partial charge in [0.2, 0.25) is 5.91 Å². The molecule has 10 heteroatoms. The van der Waals surface area contributed by atoms with Crippen LogP contribution in [-0.4, -0.2) is 83.4 Å². The lowest BCUT2D eigenvalue weighted by Crippen LogP contribution is -2.38. The molecule has 3 rings (SSSR count). The molecule has 1 unspecified atom stereocenters. The first-order valence-corrected chi connectivity index (χ1v) is 12.0. The van der Waals surface area contributed by atoms with Crippen LogP contribution in [0.5, 0.6) is 0 Å². The van der Waals surface area contributed by atoms with Crippen molar-refractivity contribution in [3.8, 4) is 11.4 Å². The van der Waals surface area contributed by atoms with Crippen LogP contribution in [0.3, 0.4) is 0 Å².